The van der Waals surface area contributed by atoms with E-state index in [1.807, 2.05) is 30.3 Å². The Morgan fingerprint density at radius 3 is 2.45 bits per heavy atom. The van der Waals surface area contributed by atoms with Crippen molar-refractivity contribution in [2.24, 2.45) is 10.9 Å². The van der Waals surface area contributed by atoms with Gasteiger partial charge in [-0.1, -0.05) is 30.3 Å². The molecule has 0 aromatic heterocycles. The van der Waals surface area contributed by atoms with Crippen LogP contribution in [0.5, 0.6) is 0 Å². The number of carbonyl (C=O) groups is 2. The molecule has 22 heavy (non-hydrogen) atoms. The second-order valence-corrected chi connectivity index (χ2v) is 6.43. The molecule has 3 nitrogen and oxygen atoms in total. The minimum atomic E-state index is -0.211. The summed E-state index contributed by atoms with van der Waals surface area (Å²) in [7, 11) is 0. The van der Waals surface area contributed by atoms with Crippen LogP contribution in [0.25, 0.3) is 0 Å². The van der Waals surface area contributed by atoms with E-state index in [0.717, 1.165) is 48.2 Å². The predicted octanol–water partition coefficient (Wildman–Crippen LogP) is 3.60. The number of benzene rings is 1. The molecule has 0 amide bonds. The number of rotatable bonds is 1. The number of carbonyl (C=O) groups excluding carboxylic acids is 2. The molecular weight excluding hydrogens is 274 g/mol. The van der Waals surface area contributed by atoms with Crippen molar-refractivity contribution in [3.8, 4) is 0 Å². The Kier molecular flexibility index (Phi) is 3.29. The van der Waals surface area contributed by atoms with Crippen LogP contribution in [0.15, 0.2) is 46.6 Å². The van der Waals surface area contributed by atoms with E-state index in [9.17, 15) is 9.59 Å². The van der Waals surface area contributed by atoms with Gasteiger partial charge < -0.3 is 0 Å². The Hall–Kier alpha value is -2.03. The van der Waals surface area contributed by atoms with Crippen molar-refractivity contribution in [3.63, 3.8) is 0 Å². The highest BCUT2D eigenvalue weighted by Crippen LogP contribution is 2.45. The molecule has 0 saturated heterocycles. The molecule has 2 unspecified atom stereocenters. The van der Waals surface area contributed by atoms with Crippen LogP contribution in [0.1, 0.15) is 50.0 Å². The molecule has 2 aliphatic carbocycles. The normalized spacial score (nSPS) is 28.1. The summed E-state index contributed by atoms with van der Waals surface area (Å²) in [5.41, 5.74) is 3.86. The zero-order chi connectivity index (χ0) is 15.1. The maximum Gasteiger partial charge on any atom is 0.161 e. The molecule has 0 spiro atoms. The second-order valence-electron chi connectivity index (χ2n) is 6.43. The quantitative estimate of drug-likeness (QED) is 0.794. The summed E-state index contributed by atoms with van der Waals surface area (Å²) in [5, 5.41) is 0. The monoisotopic (exact) mass is 293 g/mol. The minimum Gasteiger partial charge on any atom is -0.299 e. The van der Waals surface area contributed by atoms with Gasteiger partial charge in [-0.05, 0) is 31.2 Å². The summed E-state index contributed by atoms with van der Waals surface area (Å²) in [6.45, 7) is 0. The summed E-state index contributed by atoms with van der Waals surface area (Å²) >= 11 is 0. The Bertz CT molecular complexity index is 699. The van der Waals surface area contributed by atoms with Gasteiger partial charge in [0.1, 0.15) is 5.78 Å². The molecular formula is C19H19NO2. The van der Waals surface area contributed by atoms with E-state index in [2.05, 4.69) is 0 Å². The molecule has 1 aromatic rings. The third-order valence-corrected chi connectivity index (χ3v) is 5.07. The lowest BCUT2D eigenvalue weighted by Gasteiger charge is -2.37. The van der Waals surface area contributed by atoms with Gasteiger partial charge in [0.05, 0.1) is 5.92 Å². The van der Waals surface area contributed by atoms with Gasteiger partial charge in [-0.3, -0.25) is 14.6 Å². The molecule has 0 N–H and O–H groups in total. The Labute approximate surface area is 130 Å². The maximum atomic E-state index is 12.6. The largest absolute Gasteiger partial charge is 0.299 e. The van der Waals surface area contributed by atoms with Gasteiger partial charge in [0, 0.05) is 35.7 Å². The third kappa shape index (κ3) is 2.07. The van der Waals surface area contributed by atoms with Crippen molar-refractivity contribution in [2.45, 2.75) is 44.4 Å². The standard InChI is InChI=1S/C19H19NO2/c21-15-10-4-8-13-18(15)17(12-6-2-1-3-7-12)19-14(20-13)9-5-11-16(19)22/h1-3,6-7,17-18H,4-5,8-11H2. The van der Waals surface area contributed by atoms with Gasteiger partial charge in [0.25, 0.3) is 0 Å². The number of fused-ring (bicyclic) bond motifs is 1. The van der Waals surface area contributed by atoms with Crippen molar-refractivity contribution in [1.29, 1.82) is 0 Å². The minimum absolute atomic E-state index is 0.107. The molecule has 2 atom stereocenters. The number of allylic oxidation sites excluding steroid dienone is 2. The molecule has 0 radical (unpaired) electrons. The van der Waals surface area contributed by atoms with Crippen LogP contribution >= 0.6 is 0 Å². The SMILES string of the molecule is O=C1CCCC2=C1C(c1ccccc1)C1C(=O)CCCC1=N2. The van der Waals surface area contributed by atoms with Crippen molar-refractivity contribution in [2.75, 3.05) is 0 Å². The highest BCUT2D eigenvalue weighted by atomic mass is 16.1. The lowest BCUT2D eigenvalue weighted by molar-refractivity contribution is -0.122. The molecule has 0 bridgehead atoms. The number of ketones is 2. The summed E-state index contributed by atoms with van der Waals surface area (Å²) in [6.07, 6.45) is 4.75. The van der Waals surface area contributed by atoms with E-state index in [4.69, 9.17) is 4.99 Å². The van der Waals surface area contributed by atoms with Crippen molar-refractivity contribution >= 4 is 17.3 Å². The van der Waals surface area contributed by atoms with Crippen molar-refractivity contribution in [3.05, 3.63) is 47.2 Å². The molecule has 1 aliphatic heterocycles. The van der Waals surface area contributed by atoms with Crippen LogP contribution in [0.2, 0.25) is 0 Å². The maximum absolute atomic E-state index is 12.6. The average Bonchev–Trinajstić information content (AvgIpc) is 2.54. The lowest BCUT2D eigenvalue weighted by atomic mass is 9.67. The first-order valence-corrected chi connectivity index (χ1v) is 8.17. The Balaban J connectivity index is 1.90. The highest BCUT2D eigenvalue weighted by molar-refractivity contribution is 6.12. The van der Waals surface area contributed by atoms with E-state index in [1.165, 1.54) is 0 Å². The molecule has 3 aliphatic rings. The first-order valence-electron chi connectivity index (χ1n) is 8.17. The number of aliphatic imine (C=N–C) groups is 1. The number of hydrogen-bond acceptors (Lipinski definition) is 3. The summed E-state index contributed by atoms with van der Waals surface area (Å²) in [4.78, 5) is 29.9. The molecule has 112 valence electrons. The molecule has 1 aromatic carbocycles. The first-order chi connectivity index (χ1) is 10.8. The van der Waals surface area contributed by atoms with Gasteiger partial charge >= 0.3 is 0 Å². The summed E-state index contributed by atoms with van der Waals surface area (Å²) < 4.78 is 0. The van der Waals surface area contributed by atoms with Crippen molar-refractivity contribution < 1.29 is 9.59 Å². The van der Waals surface area contributed by atoms with Gasteiger partial charge in [-0.25, -0.2) is 0 Å². The summed E-state index contributed by atoms with van der Waals surface area (Å²) in [5.74, 6) is 0.126. The van der Waals surface area contributed by atoms with Gasteiger partial charge in [-0.2, -0.15) is 0 Å². The van der Waals surface area contributed by atoms with Gasteiger partial charge in [-0.15, -0.1) is 0 Å². The molecule has 1 heterocycles. The first kappa shape index (κ1) is 13.6. The molecule has 4 rings (SSSR count). The fourth-order valence-corrected chi connectivity index (χ4v) is 4.12. The van der Waals surface area contributed by atoms with Gasteiger partial charge in [0.15, 0.2) is 5.78 Å². The number of Topliss-reactive ketones (excluding diaryl/α,β-unsaturated/α-hetero) is 2. The number of hydrogen-bond donors (Lipinski definition) is 0. The fourth-order valence-electron chi connectivity index (χ4n) is 4.12. The smallest absolute Gasteiger partial charge is 0.161 e. The zero-order valence-corrected chi connectivity index (χ0v) is 12.5. The Morgan fingerprint density at radius 2 is 1.64 bits per heavy atom. The molecule has 3 heteroatoms. The van der Waals surface area contributed by atoms with Crippen LogP contribution in [-0.2, 0) is 9.59 Å². The molecule has 1 saturated carbocycles. The zero-order valence-electron chi connectivity index (χ0n) is 12.5. The van der Waals surface area contributed by atoms with Crippen LogP contribution in [-0.4, -0.2) is 17.3 Å². The van der Waals surface area contributed by atoms with Crippen LogP contribution in [0.4, 0.5) is 0 Å². The van der Waals surface area contributed by atoms with Crippen LogP contribution in [0.3, 0.4) is 0 Å². The van der Waals surface area contributed by atoms with E-state index in [1.54, 1.807) is 0 Å². The highest BCUT2D eigenvalue weighted by Gasteiger charge is 2.44. The van der Waals surface area contributed by atoms with Crippen LogP contribution in [0, 0.1) is 5.92 Å². The average molecular weight is 293 g/mol. The Morgan fingerprint density at radius 1 is 0.864 bits per heavy atom. The van der Waals surface area contributed by atoms with Crippen molar-refractivity contribution in [1.82, 2.24) is 0 Å². The number of nitrogens with zero attached hydrogens (tertiary/aromatic N) is 1. The topological polar surface area (TPSA) is 46.5 Å². The predicted molar refractivity (Wildman–Crippen MR) is 84.9 cm³/mol. The van der Waals surface area contributed by atoms with E-state index in [-0.39, 0.29) is 23.4 Å². The summed E-state index contributed by atoms with van der Waals surface area (Å²) in [6, 6.07) is 10.0. The lowest BCUT2D eigenvalue weighted by Crippen LogP contribution is -2.39. The van der Waals surface area contributed by atoms with Crippen LogP contribution < -0.4 is 0 Å². The van der Waals surface area contributed by atoms with E-state index in [0.29, 0.717) is 12.8 Å². The van der Waals surface area contributed by atoms with E-state index >= 15 is 0 Å². The molecule has 1 fully saturated rings. The van der Waals surface area contributed by atoms with Gasteiger partial charge in [0.2, 0.25) is 0 Å². The van der Waals surface area contributed by atoms with E-state index < -0.39 is 0 Å². The third-order valence-electron chi connectivity index (χ3n) is 5.07. The second kappa shape index (κ2) is 5.31. The fraction of sp³-hybridized carbons (Fsp3) is 0.421.